The van der Waals surface area contributed by atoms with Gasteiger partial charge >= 0.3 is 0 Å². The molecule has 20 heavy (non-hydrogen) atoms. The van der Waals surface area contributed by atoms with E-state index in [-0.39, 0.29) is 11.5 Å². The van der Waals surface area contributed by atoms with Crippen LogP contribution in [-0.4, -0.2) is 36.2 Å². The average Bonchev–Trinajstić information content (AvgIpc) is 2.79. The zero-order valence-electron chi connectivity index (χ0n) is 13.8. The molecule has 1 aromatic rings. The van der Waals surface area contributed by atoms with Gasteiger partial charge in [-0.05, 0) is 50.5 Å². The molecule has 0 saturated carbocycles. The van der Waals surface area contributed by atoms with E-state index >= 15 is 0 Å². The highest BCUT2D eigenvalue weighted by Crippen LogP contribution is 2.45. The predicted molar refractivity (Wildman–Crippen MR) is 87.3 cm³/mol. The smallest absolute Gasteiger partial charge is 0.0678 e. The van der Waals surface area contributed by atoms with E-state index in [1.54, 1.807) is 0 Å². The SMILES string of the molecule is CC.CC.CN1CCC2(CC1)c1ccccc1CC2O. The van der Waals surface area contributed by atoms with Crippen LogP contribution in [-0.2, 0) is 11.8 Å². The third-order valence-corrected chi connectivity index (χ3v) is 4.48. The van der Waals surface area contributed by atoms with Crippen molar-refractivity contribution in [1.82, 2.24) is 4.90 Å². The van der Waals surface area contributed by atoms with Gasteiger partial charge in [0.05, 0.1) is 6.10 Å². The maximum Gasteiger partial charge on any atom is 0.0678 e. The van der Waals surface area contributed by atoms with Crippen molar-refractivity contribution in [2.24, 2.45) is 0 Å². The van der Waals surface area contributed by atoms with Crippen LogP contribution < -0.4 is 0 Å². The van der Waals surface area contributed by atoms with E-state index in [1.807, 2.05) is 27.7 Å². The molecule has 2 heteroatoms. The number of nitrogens with zero attached hydrogens (tertiary/aromatic N) is 1. The van der Waals surface area contributed by atoms with Crippen LogP contribution in [0.25, 0.3) is 0 Å². The number of likely N-dealkylation sites (tertiary alicyclic amines) is 1. The molecule has 2 aliphatic rings. The van der Waals surface area contributed by atoms with Gasteiger partial charge < -0.3 is 10.0 Å². The van der Waals surface area contributed by atoms with E-state index in [0.29, 0.717) is 0 Å². The molecule has 1 atom stereocenters. The molecule has 1 aliphatic carbocycles. The summed E-state index contributed by atoms with van der Waals surface area (Å²) in [6, 6.07) is 8.58. The summed E-state index contributed by atoms with van der Waals surface area (Å²) in [5.41, 5.74) is 2.83. The lowest BCUT2D eigenvalue weighted by atomic mass is 9.72. The maximum atomic E-state index is 10.4. The number of hydrogen-bond donors (Lipinski definition) is 1. The van der Waals surface area contributed by atoms with Crippen LogP contribution in [0.5, 0.6) is 0 Å². The Morgan fingerprint density at radius 2 is 1.60 bits per heavy atom. The lowest BCUT2D eigenvalue weighted by molar-refractivity contribution is 0.0500. The highest BCUT2D eigenvalue weighted by atomic mass is 16.3. The summed E-state index contributed by atoms with van der Waals surface area (Å²) in [6.07, 6.45) is 2.88. The summed E-state index contributed by atoms with van der Waals surface area (Å²) >= 11 is 0. The van der Waals surface area contributed by atoms with Gasteiger partial charge in [0.1, 0.15) is 0 Å². The Hall–Kier alpha value is -0.860. The van der Waals surface area contributed by atoms with Crippen molar-refractivity contribution in [2.75, 3.05) is 20.1 Å². The minimum Gasteiger partial charge on any atom is -0.392 e. The predicted octanol–water partition coefficient (Wildman–Crippen LogP) is 3.62. The minimum absolute atomic E-state index is 0.0586. The number of benzene rings is 1. The highest BCUT2D eigenvalue weighted by molar-refractivity contribution is 5.42. The molecule has 1 heterocycles. The van der Waals surface area contributed by atoms with Crippen LogP contribution in [0.3, 0.4) is 0 Å². The molecule has 0 bridgehead atoms. The van der Waals surface area contributed by atoms with Crippen molar-refractivity contribution in [3.05, 3.63) is 35.4 Å². The maximum absolute atomic E-state index is 10.4. The van der Waals surface area contributed by atoms with Crippen LogP contribution >= 0.6 is 0 Å². The van der Waals surface area contributed by atoms with Gasteiger partial charge in [0.25, 0.3) is 0 Å². The first kappa shape index (κ1) is 17.2. The second-order valence-corrected chi connectivity index (χ2v) is 5.34. The first-order chi connectivity index (χ1) is 9.72. The molecule has 2 nitrogen and oxygen atoms in total. The van der Waals surface area contributed by atoms with Crippen molar-refractivity contribution in [1.29, 1.82) is 0 Å². The van der Waals surface area contributed by atoms with Crippen molar-refractivity contribution < 1.29 is 5.11 Å². The summed E-state index contributed by atoms with van der Waals surface area (Å²) in [5.74, 6) is 0. The molecular weight excluding hydrogens is 246 g/mol. The Bertz CT molecular complexity index is 394. The molecule has 0 amide bonds. The van der Waals surface area contributed by atoms with Gasteiger partial charge in [-0.2, -0.15) is 0 Å². The van der Waals surface area contributed by atoms with Gasteiger partial charge in [-0.3, -0.25) is 0 Å². The largest absolute Gasteiger partial charge is 0.392 e. The van der Waals surface area contributed by atoms with Gasteiger partial charge in [-0.25, -0.2) is 0 Å². The molecule has 0 aromatic heterocycles. The van der Waals surface area contributed by atoms with Crippen LogP contribution in [0.1, 0.15) is 51.7 Å². The Morgan fingerprint density at radius 1 is 1.05 bits per heavy atom. The summed E-state index contributed by atoms with van der Waals surface area (Å²) < 4.78 is 0. The second-order valence-electron chi connectivity index (χ2n) is 5.34. The molecular formula is C18H31NO. The van der Waals surface area contributed by atoms with E-state index in [4.69, 9.17) is 0 Å². The molecule has 1 N–H and O–H groups in total. The normalized spacial score (nSPS) is 23.2. The quantitative estimate of drug-likeness (QED) is 0.783. The third-order valence-electron chi connectivity index (χ3n) is 4.48. The van der Waals surface area contributed by atoms with Gasteiger partial charge in [-0.1, -0.05) is 52.0 Å². The molecule has 3 rings (SSSR count). The monoisotopic (exact) mass is 277 g/mol. The van der Waals surface area contributed by atoms with Gasteiger partial charge in [0, 0.05) is 5.41 Å². The highest BCUT2D eigenvalue weighted by Gasteiger charge is 2.46. The van der Waals surface area contributed by atoms with E-state index < -0.39 is 0 Å². The molecule has 1 spiro atoms. The fraction of sp³-hybridized carbons (Fsp3) is 0.667. The van der Waals surface area contributed by atoms with Crippen LogP contribution in [0, 0.1) is 0 Å². The summed E-state index contributed by atoms with van der Waals surface area (Å²) in [4.78, 5) is 2.36. The zero-order valence-corrected chi connectivity index (χ0v) is 13.8. The fourth-order valence-electron chi connectivity index (χ4n) is 3.39. The first-order valence-electron chi connectivity index (χ1n) is 8.17. The first-order valence-corrected chi connectivity index (χ1v) is 8.17. The van der Waals surface area contributed by atoms with Gasteiger partial charge in [0.2, 0.25) is 0 Å². The molecule has 1 aliphatic heterocycles. The number of aliphatic hydroxyl groups excluding tert-OH is 1. The minimum atomic E-state index is -0.168. The number of rotatable bonds is 0. The summed E-state index contributed by atoms with van der Waals surface area (Å²) in [6.45, 7) is 10.2. The van der Waals surface area contributed by atoms with Gasteiger partial charge in [-0.15, -0.1) is 0 Å². The van der Waals surface area contributed by atoms with Crippen LogP contribution in [0.4, 0.5) is 0 Å². The number of piperidine rings is 1. The number of aliphatic hydroxyl groups is 1. The van der Waals surface area contributed by atoms with E-state index in [0.717, 1.165) is 32.4 Å². The topological polar surface area (TPSA) is 23.5 Å². The molecule has 114 valence electrons. The Kier molecular flexibility index (Phi) is 6.70. The van der Waals surface area contributed by atoms with Gasteiger partial charge in [0.15, 0.2) is 0 Å². The molecule has 1 fully saturated rings. The lowest BCUT2D eigenvalue weighted by Gasteiger charge is -2.41. The molecule has 1 saturated heterocycles. The molecule has 0 radical (unpaired) electrons. The van der Waals surface area contributed by atoms with Crippen LogP contribution in [0.2, 0.25) is 0 Å². The van der Waals surface area contributed by atoms with E-state index in [2.05, 4.69) is 36.2 Å². The fourth-order valence-corrected chi connectivity index (χ4v) is 3.39. The van der Waals surface area contributed by atoms with Crippen molar-refractivity contribution in [3.63, 3.8) is 0 Å². The summed E-state index contributed by atoms with van der Waals surface area (Å²) in [7, 11) is 2.17. The number of fused-ring (bicyclic) bond motifs is 2. The zero-order chi connectivity index (χ0) is 15.2. The number of hydrogen-bond acceptors (Lipinski definition) is 2. The Balaban J connectivity index is 0.000000461. The van der Waals surface area contributed by atoms with Crippen molar-refractivity contribution >= 4 is 0 Å². The third kappa shape index (κ3) is 3.07. The van der Waals surface area contributed by atoms with Crippen LogP contribution in [0.15, 0.2) is 24.3 Å². The summed E-state index contributed by atoms with van der Waals surface area (Å²) in [5, 5.41) is 10.4. The van der Waals surface area contributed by atoms with E-state index in [9.17, 15) is 5.11 Å². The van der Waals surface area contributed by atoms with Crippen molar-refractivity contribution in [3.8, 4) is 0 Å². The van der Waals surface area contributed by atoms with Crippen molar-refractivity contribution in [2.45, 2.75) is 58.5 Å². The Labute approximate surface area is 124 Å². The molecule has 1 unspecified atom stereocenters. The average molecular weight is 277 g/mol. The van der Waals surface area contributed by atoms with E-state index in [1.165, 1.54) is 11.1 Å². The second kappa shape index (κ2) is 7.80. The lowest BCUT2D eigenvalue weighted by Crippen LogP contribution is -2.46. The Morgan fingerprint density at radius 3 is 2.20 bits per heavy atom. The standard InChI is InChI=1S/C14H19NO.2C2H6/c1-15-8-6-14(7-9-15)12-5-3-2-4-11(12)10-13(14)16;2*1-2/h2-5,13,16H,6-10H2,1H3;2*1-2H3. The molecule has 1 aromatic carbocycles.